The second-order valence-electron chi connectivity index (χ2n) is 8.23. The van der Waals surface area contributed by atoms with Crippen molar-refractivity contribution in [2.24, 2.45) is 0 Å². The standard InChI is InChI=1S/C25H28N6O3/c1-16-28-20(12-24(29-16)30-19-8-7-18(13-26)27-14-19)21-6-4-5-9-31(21)15-17-10-22(33-2)25(32)23(11-17)34-3/h7-8,10-12,14,21,32H,4-6,9,15H2,1-3H3,(H,28,29,30). The molecule has 0 aliphatic carbocycles. The third kappa shape index (κ3) is 5.18. The number of phenolic OH excluding ortho intramolecular Hbond substituents is 1. The number of anilines is 2. The van der Waals surface area contributed by atoms with Crippen LogP contribution in [0.2, 0.25) is 0 Å². The molecule has 9 nitrogen and oxygen atoms in total. The first-order valence-corrected chi connectivity index (χ1v) is 11.2. The van der Waals surface area contributed by atoms with Gasteiger partial charge in [0.1, 0.15) is 23.4 Å². The lowest BCUT2D eigenvalue weighted by Gasteiger charge is -2.35. The Kier molecular flexibility index (Phi) is 7.09. The van der Waals surface area contributed by atoms with Crippen LogP contribution < -0.4 is 14.8 Å². The number of piperidine rings is 1. The molecule has 1 unspecified atom stereocenters. The maximum atomic E-state index is 10.3. The molecule has 2 N–H and O–H groups in total. The number of benzene rings is 1. The maximum Gasteiger partial charge on any atom is 0.200 e. The maximum absolute atomic E-state index is 10.3. The molecule has 1 fully saturated rings. The summed E-state index contributed by atoms with van der Waals surface area (Å²) >= 11 is 0. The highest BCUT2D eigenvalue weighted by molar-refractivity contribution is 5.56. The van der Waals surface area contributed by atoms with Gasteiger partial charge in [0.2, 0.25) is 5.75 Å². The van der Waals surface area contributed by atoms with Crippen molar-refractivity contribution in [2.45, 2.75) is 38.8 Å². The number of phenols is 1. The van der Waals surface area contributed by atoms with Crippen LogP contribution in [0.25, 0.3) is 0 Å². The largest absolute Gasteiger partial charge is 0.502 e. The lowest BCUT2D eigenvalue weighted by molar-refractivity contribution is 0.137. The monoisotopic (exact) mass is 460 g/mol. The van der Waals surface area contributed by atoms with Gasteiger partial charge in [-0.05, 0) is 56.1 Å². The Morgan fingerprint density at radius 3 is 2.56 bits per heavy atom. The number of likely N-dealkylation sites (tertiary alicyclic amines) is 1. The Hall–Kier alpha value is -3.90. The lowest BCUT2D eigenvalue weighted by Crippen LogP contribution is -2.33. The minimum absolute atomic E-state index is 0.00313. The van der Waals surface area contributed by atoms with Crippen LogP contribution in [-0.4, -0.2) is 45.7 Å². The molecule has 9 heteroatoms. The molecule has 2 aromatic heterocycles. The van der Waals surface area contributed by atoms with Gasteiger partial charge >= 0.3 is 0 Å². The Balaban J connectivity index is 1.59. The van der Waals surface area contributed by atoms with E-state index in [0.717, 1.165) is 42.8 Å². The van der Waals surface area contributed by atoms with Crippen LogP contribution in [0.1, 0.15) is 48.1 Å². The van der Waals surface area contributed by atoms with E-state index in [4.69, 9.17) is 19.7 Å². The molecule has 0 radical (unpaired) electrons. The zero-order valence-corrected chi connectivity index (χ0v) is 19.6. The Morgan fingerprint density at radius 2 is 1.91 bits per heavy atom. The van der Waals surface area contributed by atoms with Gasteiger partial charge in [-0.25, -0.2) is 15.0 Å². The van der Waals surface area contributed by atoms with Crippen LogP contribution >= 0.6 is 0 Å². The number of methoxy groups -OCH3 is 2. The SMILES string of the molecule is COc1cc(CN2CCCCC2c2cc(Nc3ccc(C#N)nc3)nc(C)n2)cc(OC)c1O. The van der Waals surface area contributed by atoms with Gasteiger partial charge in [-0.3, -0.25) is 4.90 Å². The molecular weight excluding hydrogens is 432 g/mol. The third-order valence-corrected chi connectivity index (χ3v) is 5.89. The van der Waals surface area contributed by atoms with Gasteiger partial charge in [0.05, 0.1) is 37.8 Å². The first kappa shape index (κ1) is 23.3. The van der Waals surface area contributed by atoms with E-state index in [9.17, 15) is 5.11 Å². The van der Waals surface area contributed by atoms with Gasteiger partial charge < -0.3 is 19.9 Å². The van der Waals surface area contributed by atoms with Crippen molar-refractivity contribution in [3.8, 4) is 23.3 Å². The number of aromatic nitrogens is 3. The fraction of sp³-hybridized carbons (Fsp3) is 0.360. The summed E-state index contributed by atoms with van der Waals surface area (Å²) in [7, 11) is 3.06. The summed E-state index contributed by atoms with van der Waals surface area (Å²) in [6, 6.07) is 11.3. The van der Waals surface area contributed by atoms with Crippen molar-refractivity contribution < 1.29 is 14.6 Å². The Labute approximate surface area is 199 Å². The molecule has 1 saturated heterocycles. The highest BCUT2D eigenvalue weighted by Gasteiger charge is 2.27. The summed E-state index contributed by atoms with van der Waals surface area (Å²) in [4.78, 5) is 15.8. The second kappa shape index (κ2) is 10.4. The van der Waals surface area contributed by atoms with Crippen molar-refractivity contribution in [3.05, 3.63) is 59.3 Å². The van der Waals surface area contributed by atoms with E-state index < -0.39 is 0 Å². The van der Waals surface area contributed by atoms with E-state index in [-0.39, 0.29) is 11.8 Å². The molecule has 1 aliphatic heterocycles. The van der Waals surface area contributed by atoms with E-state index in [2.05, 4.69) is 20.2 Å². The van der Waals surface area contributed by atoms with Crippen LogP contribution in [0.4, 0.5) is 11.5 Å². The summed E-state index contributed by atoms with van der Waals surface area (Å²) in [5, 5.41) is 22.5. The predicted molar refractivity (Wildman–Crippen MR) is 127 cm³/mol. The molecule has 1 aromatic carbocycles. The van der Waals surface area contributed by atoms with Crippen LogP contribution in [0, 0.1) is 18.3 Å². The quantitative estimate of drug-likeness (QED) is 0.534. The minimum atomic E-state index is 0.00313. The van der Waals surface area contributed by atoms with E-state index in [1.165, 1.54) is 14.2 Å². The minimum Gasteiger partial charge on any atom is -0.502 e. The van der Waals surface area contributed by atoms with Crippen LogP contribution in [-0.2, 0) is 6.54 Å². The first-order chi connectivity index (χ1) is 16.5. The van der Waals surface area contributed by atoms with Gasteiger partial charge in [0.15, 0.2) is 11.5 Å². The Morgan fingerprint density at radius 1 is 1.15 bits per heavy atom. The number of hydrogen-bond acceptors (Lipinski definition) is 9. The summed E-state index contributed by atoms with van der Waals surface area (Å²) in [6.07, 6.45) is 4.83. The fourth-order valence-electron chi connectivity index (χ4n) is 4.30. The highest BCUT2D eigenvalue weighted by Crippen LogP contribution is 2.39. The van der Waals surface area contributed by atoms with Gasteiger partial charge in [-0.1, -0.05) is 6.42 Å². The number of pyridine rings is 1. The van der Waals surface area contributed by atoms with Crippen molar-refractivity contribution in [1.29, 1.82) is 5.26 Å². The van der Waals surface area contributed by atoms with E-state index >= 15 is 0 Å². The highest BCUT2D eigenvalue weighted by atomic mass is 16.5. The fourth-order valence-corrected chi connectivity index (χ4v) is 4.30. The van der Waals surface area contributed by atoms with E-state index in [0.29, 0.717) is 35.4 Å². The molecule has 1 atom stereocenters. The van der Waals surface area contributed by atoms with Crippen molar-refractivity contribution in [1.82, 2.24) is 19.9 Å². The number of nitrogens with one attached hydrogen (secondary N) is 1. The molecular formula is C25H28N6O3. The summed E-state index contributed by atoms with van der Waals surface area (Å²) in [5.74, 6) is 2.16. The summed E-state index contributed by atoms with van der Waals surface area (Å²) in [5.41, 5.74) is 3.07. The molecule has 4 rings (SSSR count). The van der Waals surface area contributed by atoms with Crippen LogP contribution in [0.15, 0.2) is 36.5 Å². The Bertz CT molecular complexity index is 1170. The number of nitrogens with zero attached hydrogens (tertiary/aromatic N) is 5. The molecule has 0 saturated carbocycles. The average Bonchev–Trinajstić information content (AvgIpc) is 2.85. The number of rotatable bonds is 7. The molecule has 1 aliphatic rings. The van der Waals surface area contributed by atoms with Crippen LogP contribution in [0.5, 0.6) is 17.2 Å². The van der Waals surface area contributed by atoms with Gasteiger partial charge in [-0.15, -0.1) is 0 Å². The topological polar surface area (TPSA) is 116 Å². The van der Waals surface area contributed by atoms with Gasteiger partial charge in [0, 0.05) is 12.6 Å². The van der Waals surface area contributed by atoms with Crippen LogP contribution in [0.3, 0.4) is 0 Å². The number of hydrogen-bond donors (Lipinski definition) is 2. The molecule has 34 heavy (non-hydrogen) atoms. The van der Waals surface area contributed by atoms with Crippen molar-refractivity contribution in [2.75, 3.05) is 26.1 Å². The smallest absolute Gasteiger partial charge is 0.200 e. The third-order valence-electron chi connectivity index (χ3n) is 5.89. The number of aromatic hydroxyl groups is 1. The number of ether oxygens (including phenoxy) is 2. The van der Waals surface area contributed by atoms with Gasteiger partial charge in [0.25, 0.3) is 0 Å². The average molecular weight is 461 g/mol. The zero-order valence-electron chi connectivity index (χ0n) is 19.6. The number of nitriles is 1. The summed E-state index contributed by atoms with van der Waals surface area (Å²) < 4.78 is 10.7. The van der Waals surface area contributed by atoms with Crippen molar-refractivity contribution >= 4 is 11.5 Å². The molecule has 176 valence electrons. The van der Waals surface area contributed by atoms with Gasteiger partial charge in [-0.2, -0.15) is 5.26 Å². The van der Waals surface area contributed by atoms with E-state index in [1.807, 2.05) is 31.2 Å². The van der Waals surface area contributed by atoms with E-state index in [1.54, 1.807) is 18.3 Å². The molecule has 3 aromatic rings. The molecule has 0 amide bonds. The normalized spacial score (nSPS) is 16.0. The second-order valence-corrected chi connectivity index (χ2v) is 8.23. The summed E-state index contributed by atoms with van der Waals surface area (Å²) in [6.45, 7) is 3.49. The lowest BCUT2D eigenvalue weighted by atomic mass is 9.98. The molecule has 0 bridgehead atoms. The molecule has 0 spiro atoms. The predicted octanol–water partition coefficient (Wildman–Crippen LogP) is 4.25. The van der Waals surface area contributed by atoms with Crippen molar-refractivity contribution in [3.63, 3.8) is 0 Å². The zero-order chi connectivity index (χ0) is 24.1. The number of aryl methyl sites for hydroxylation is 1. The molecule has 3 heterocycles. The first-order valence-electron chi connectivity index (χ1n) is 11.2.